The van der Waals surface area contributed by atoms with E-state index >= 15 is 0 Å². The molecule has 9 heteroatoms. The highest BCUT2D eigenvalue weighted by atomic mass is 16.7. The Morgan fingerprint density at radius 1 is 1.03 bits per heavy atom. The third-order valence-corrected chi connectivity index (χ3v) is 4.63. The van der Waals surface area contributed by atoms with Crippen molar-refractivity contribution in [2.75, 3.05) is 6.61 Å². The van der Waals surface area contributed by atoms with Crippen LogP contribution < -0.4 is 4.74 Å². The van der Waals surface area contributed by atoms with Gasteiger partial charge in [-0.25, -0.2) is 0 Å². The third kappa shape index (κ3) is 4.61. The van der Waals surface area contributed by atoms with E-state index in [-0.39, 0.29) is 11.3 Å². The lowest BCUT2D eigenvalue weighted by Crippen LogP contribution is -2.60. The number of benzene rings is 2. The van der Waals surface area contributed by atoms with Gasteiger partial charge in [0, 0.05) is 12.1 Å². The fraction of sp³-hybridized carbons (Fsp3) is 0.286. The van der Waals surface area contributed by atoms with Gasteiger partial charge in [-0.05, 0) is 11.6 Å². The first kappa shape index (κ1) is 21.8. The van der Waals surface area contributed by atoms with E-state index in [1.54, 1.807) is 24.3 Å². The van der Waals surface area contributed by atoms with Crippen LogP contribution in [0.2, 0.25) is 0 Å². The second kappa shape index (κ2) is 9.24. The number of ketones is 1. The Bertz CT molecular complexity index is 910. The van der Waals surface area contributed by atoms with Crippen molar-refractivity contribution in [3.63, 3.8) is 0 Å². The SMILES string of the molecule is O=C(/C=C/c1ccccc1)c1c(O)cc(O)cc1OC1O[C@@H](CO)[C@H](O)[C@@H](O)[C@@H]1O. The number of aliphatic hydroxyl groups is 4. The predicted molar refractivity (Wildman–Crippen MR) is 104 cm³/mol. The van der Waals surface area contributed by atoms with Crippen molar-refractivity contribution in [3.05, 3.63) is 59.7 Å². The Labute approximate surface area is 171 Å². The summed E-state index contributed by atoms with van der Waals surface area (Å²) in [6.07, 6.45) is -5.10. The molecule has 3 rings (SSSR count). The molecule has 1 aliphatic rings. The van der Waals surface area contributed by atoms with Crippen molar-refractivity contribution in [2.45, 2.75) is 30.7 Å². The van der Waals surface area contributed by atoms with Gasteiger partial charge in [0.15, 0.2) is 5.78 Å². The quantitative estimate of drug-likeness (QED) is 0.284. The summed E-state index contributed by atoms with van der Waals surface area (Å²) in [5.74, 6) is -1.97. The molecule has 1 unspecified atom stereocenters. The lowest BCUT2D eigenvalue weighted by molar-refractivity contribution is -0.277. The molecule has 2 aromatic carbocycles. The van der Waals surface area contributed by atoms with E-state index in [4.69, 9.17) is 9.47 Å². The van der Waals surface area contributed by atoms with Crippen LogP contribution in [0.1, 0.15) is 15.9 Å². The Morgan fingerprint density at radius 2 is 1.73 bits per heavy atom. The van der Waals surface area contributed by atoms with Gasteiger partial charge in [-0.2, -0.15) is 0 Å². The minimum Gasteiger partial charge on any atom is -0.508 e. The first-order chi connectivity index (χ1) is 14.3. The zero-order valence-corrected chi connectivity index (χ0v) is 15.7. The monoisotopic (exact) mass is 418 g/mol. The standard InChI is InChI=1S/C21H22O9/c22-10-16-18(26)19(27)20(28)21(30-16)29-15-9-12(23)8-14(25)17(15)13(24)7-6-11-4-2-1-3-5-11/h1-9,16,18-23,25-28H,10H2/b7-6+/t16-,18-,19+,20-,21?/m0/s1. The number of carbonyl (C=O) groups excluding carboxylic acids is 1. The summed E-state index contributed by atoms with van der Waals surface area (Å²) >= 11 is 0. The number of hydrogen-bond acceptors (Lipinski definition) is 9. The van der Waals surface area contributed by atoms with Crippen LogP contribution in [-0.4, -0.2) is 73.7 Å². The zero-order chi connectivity index (χ0) is 21.8. The molecule has 0 amide bonds. The van der Waals surface area contributed by atoms with Crippen molar-refractivity contribution in [1.82, 2.24) is 0 Å². The van der Waals surface area contributed by atoms with Crippen LogP contribution in [0.3, 0.4) is 0 Å². The molecule has 0 radical (unpaired) electrons. The van der Waals surface area contributed by atoms with Gasteiger partial charge in [0.25, 0.3) is 0 Å². The molecule has 0 aliphatic carbocycles. The van der Waals surface area contributed by atoms with Gasteiger partial charge >= 0.3 is 0 Å². The Hall–Kier alpha value is -2.95. The smallest absolute Gasteiger partial charge is 0.229 e. The predicted octanol–water partition coefficient (Wildman–Crippen LogP) is 0.173. The molecule has 160 valence electrons. The van der Waals surface area contributed by atoms with Crippen LogP contribution in [-0.2, 0) is 4.74 Å². The van der Waals surface area contributed by atoms with Crippen molar-refractivity contribution in [2.24, 2.45) is 0 Å². The van der Waals surface area contributed by atoms with E-state index in [1.165, 1.54) is 12.2 Å². The summed E-state index contributed by atoms with van der Waals surface area (Å²) in [7, 11) is 0. The molecule has 5 atom stereocenters. The maximum atomic E-state index is 12.7. The van der Waals surface area contributed by atoms with Gasteiger partial charge in [0.2, 0.25) is 6.29 Å². The molecule has 0 aromatic heterocycles. The van der Waals surface area contributed by atoms with Crippen molar-refractivity contribution >= 4 is 11.9 Å². The molecule has 1 heterocycles. The number of hydrogen-bond donors (Lipinski definition) is 6. The first-order valence-electron chi connectivity index (χ1n) is 9.12. The molecule has 2 aromatic rings. The Kier molecular flexibility index (Phi) is 6.70. The van der Waals surface area contributed by atoms with E-state index < -0.39 is 54.6 Å². The van der Waals surface area contributed by atoms with E-state index in [1.807, 2.05) is 6.07 Å². The summed E-state index contributed by atoms with van der Waals surface area (Å²) in [5.41, 5.74) is 0.428. The number of phenols is 2. The highest BCUT2D eigenvalue weighted by Gasteiger charge is 2.45. The minimum absolute atomic E-state index is 0.308. The maximum Gasteiger partial charge on any atom is 0.229 e. The van der Waals surface area contributed by atoms with Gasteiger partial charge in [-0.15, -0.1) is 0 Å². The first-order valence-corrected chi connectivity index (χ1v) is 9.12. The molecule has 0 saturated carbocycles. The fourth-order valence-corrected chi connectivity index (χ4v) is 3.04. The maximum absolute atomic E-state index is 12.7. The van der Waals surface area contributed by atoms with Gasteiger partial charge in [-0.1, -0.05) is 36.4 Å². The number of aliphatic hydroxyl groups excluding tert-OH is 4. The Balaban J connectivity index is 1.89. The molecular weight excluding hydrogens is 396 g/mol. The lowest BCUT2D eigenvalue weighted by Gasteiger charge is -2.39. The topological polar surface area (TPSA) is 157 Å². The second-order valence-corrected chi connectivity index (χ2v) is 6.76. The summed E-state index contributed by atoms with van der Waals surface area (Å²) in [4.78, 5) is 12.7. The van der Waals surface area contributed by atoms with Crippen LogP contribution in [0.4, 0.5) is 0 Å². The van der Waals surface area contributed by atoms with Crippen LogP contribution in [0.25, 0.3) is 6.08 Å². The number of allylic oxidation sites excluding steroid dienone is 1. The van der Waals surface area contributed by atoms with Crippen molar-refractivity contribution < 1.29 is 44.9 Å². The normalized spacial score (nSPS) is 26.6. The molecule has 1 saturated heterocycles. The Morgan fingerprint density at radius 3 is 2.40 bits per heavy atom. The number of phenolic OH excluding ortho intramolecular Hbond substituents is 2. The van der Waals surface area contributed by atoms with Crippen molar-refractivity contribution in [3.8, 4) is 17.2 Å². The molecule has 30 heavy (non-hydrogen) atoms. The summed E-state index contributed by atoms with van der Waals surface area (Å²) in [5, 5.41) is 59.2. The highest BCUT2D eigenvalue weighted by molar-refractivity contribution is 6.10. The third-order valence-electron chi connectivity index (χ3n) is 4.63. The summed E-state index contributed by atoms with van der Waals surface area (Å²) in [6, 6.07) is 10.9. The van der Waals surface area contributed by atoms with Crippen molar-refractivity contribution in [1.29, 1.82) is 0 Å². The molecule has 1 aliphatic heterocycles. The van der Waals surface area contributed by atoms with Crippen LogP contribution in [0.5, 0.6) is 17.2 Å². The van der Waals surface area contributed by atoms with E-state index in [0.29, 0.717) is 0 Å². The number of aromatic hydroxyl groups is 2. The molecular formula is C21H22O9. The number of ether oxygens (including phenoxy) is 2. The molecule has 1 fully saturated rings. The second-order valence-electron chi connectivity index (χ2n) is 6.76. The van der Waals surface area contributed by atoms with Gasteiger partial charge in [0.05, 0.1) is 6.61 Å². The van der Waals surface area contributed by atoms with Gasteiger partial charge in [-0.3, -0.25) is 4.79 Å². The van der Waals surface area contributed by atoms with Crippen LogP contribution in [0, 0.1) is 0 Å². The van der Waals surface area contributed by atoms with E-state index in [2.05, 4.69) is 0 Å². The summed E-state index contributed by atoms with van der Waals surface area (Å²) < 4.78 is 10.7. The fourth-order valence-electron chi connectivity index (χ4n) is 3.04. The van der Waals surface area contributed by atoms with Crippen LogP contribution >= 0.6 is 0 Å². The van der Waals surface area contributed by atoms with E-state index in [9.17, 15) is 35.4 Å². The number of rotatable bonds is 6. The minimum atomic E-state index is -1.73. The molecule has 6 N–H and O–H groups in total. The summed E-state index contributed by atoms with van der Waals surface area (Å²) in [6.45, 7) is -0.665. The average Bonchev–Trinajstić information content (AvgIpc) is 2.72. The average molecular weight is 418 g/mol. The zero-order valence-electron chi connectivity index (χ0n) is 15.7. The van der Waals surface area contributed by atoms with Gasteiger partial charge in [0.1, 0.15) is 47.2 Å². The van der Waals surface area contributed by atoms with E-state index in [0.717, 1.165) is 17.7 Å². The lowest BCUT2D eigenvalue weighted by atomic mass is 9.99. The van der Waals surface area contributed by atoms with Crippen LogP contribution in [0.15, 0.2) is 48.5 Å². The van der Waals surface area contributed by atoms with Gasteiger partial charge < -0.3 is 40.1 Å². The number of carbonyl (C=O) groups is 1. The molecule has 9 nitrogen and oxygen atoms in total. The molecule has 0 spiro atoms. The highest BCUT2D eigenvalue weighted by Crippen LogP contribution is 2.35. The molecule has 0 bridgehead atoms. The largest absolute Gasteiger partial charge is 0.508 e.